The number of halogens is 1. The Kier molecular flexibility index (Phi) is 3.66. The smallest absolute Gasteiger partial charge is 0.173 e. The SMILES string of the molecule is N#CCc1cc(C(=O)CBr)ccc1O. The number of nitrogens with zero attached hydrogens (tertiary/aromatic N) is 1. The van der Waals surface area contributed by atoms with Gasteiger partial charge in [0.2, 0.25) is 0 Å². The first-order chi connectivity index (χ1) is 6.69. The number of aromatic hydroxyl groups is 1. The van der Waals surface area contributed by atoms with Crippen molar-refractivity contribution in [3.05, 3.63) is 29.3 Å². The van der Waals surface area contributed by atoms with Crippen LogP contribution in [0, 0.1) is 11.3 Å². The zero-order valence-corrected chi connectivity index (χ0v) is 8.91. The van der Waals surface area contributed by atoms with Crippen LogP contribution in [0.3, 0.4) is 0 Å². The Morgan fingerprint density at radius 2 is 2.29 bits per heavy atom. The minimum atomic E-state index is -0.0656. The van der Waals surface area contributed by atoms with Gasteiger partial charge >= 0.3 is 0 Å². The average molecular weight is 254 g/mol. The Morgan fingerprint density at radius 3 is 2.86 bits per heavy atom. The summed E-state index contributed by atoms with van der Waals surface area (Å²) in [5.41, 5.74) is 0.990. The van der Waals surface area contributed by atoms with E-state index in [1.165, 1.54) is 6.07 Å². The van der Waals surface area contributed by atoms with Crippen molar-refractivity contribution in [1.82, 2.24) is 0 Å². The van der Waals surface area contributed by atoms with E-state index in [1.807, 2.05) is 6.07 Å². The first-order valence-electron chi connectivity index (χ1n) is 3.97. The largest absolute Gasteiger partial charge is 0.508 e. The molecule has 4 heteroatoms. The predicted octanol–water partition coefficient (Wildman–Crippen LogP) is 2.04. The van der Waals surface area contributed by atoms with Gasteiger partial charge in [0.25, 0.3) is 0 Å². The molecule has 14 heavy (non-hydrogen) atoms. The van der Waals surface area contributed by atoms with E-state index >= 15 is 0 Å². The number of hydrogen-bond acceptors (Lipinski definition) is 3. The van der Waals surface area contributed by atoms with Crippen LogP contribution >= 0.6 is 15.9 Å². The van der Waals surface area contributed by atoms with Crippen molar-refractivity contribution in [3.63, 3.8) is 0 Å². The van der Waals surface area contributed by atoms with Gasteiger partial charge < -0.3 is 5.11 Å². The van der Waals surface area contributed by atoms with E-state index in [4.69, 9.17) is 5.26 Å². The van der Waals surface area contributed by atoms with Crippen molar-refractivity contribution in [2.45, 2.75) is 6.42 Å². The summed E-state index contributed by atoms with van der Waals surface area (Å²) in [7, 11) is 0. The molecule has 0 aromatic heterocycles. The van der Waals surface area contributed by atoms with Gasteiger partial charge in [0.1, 0.15) is 5.75 Å². The molecular formula is C10H8BrNO2. The van der Waals surface area contributed by atoms with E-state index in [9.17, 15) is 9.90 Å². The lowest BCUT2D eigenvalue weighted by atomic mass is 10.1. The average Bonchev–Trinajstić information content (AvgIpc) is 2.20. The van der Waals surface area contributed by atoms with E-state index in [2.05, 4.69) is 15.9 Å². The number of rotatable bonds is 3. The molecule has 0 saturated heterocycles. The molecule has 1 rings (SSSR count). The van der Waals surface area contributed by atoms with Crippen molar-refractivity contribution in [2.24, 2.45) is 0 Å². The van der Waals surface area contributed by atoms with Crippen LogP contribution in [0.2, 0.25) is 0 Å². The van der Waals surface area contributed by atoms with Crippen molar-refractivity contribution in [1.29, 1.82) is 5.26 Å². The van der Waals surface area contributed by atoms with E-state index in [1.54, 1.807) is 12.1 Å². The number of hydrogen-bond donors (Lipinski definition) is 1. The second-order valence-corrected chi connectivity index (χ2v) is 3.30. The minimum Gasteiger partial charge on any atom is -0.508 e. The maximum absolute atomic E-state index is 11.3. The molecule has 0 amide bonds. The number of benzene rings is 1. The molecule has 1 aromatic carbocycles. The molecule has 1 aromatic rings. The van der Waals surface area contributed by atoms with E-state index < -0.39 is 0 Å². The number of phenolic OH excluding ortho intramolecular Hbond substituents is 1. The molecule has 0 unspecified atom stereocenters. The Morgan fingerprint density at radius 1 is 1.57 bits per heavy atom. The maximum Gasteiger partial charge on any atom is 0.173 e. The summed E-state index contributed by atoms with van der Waals surface area (Å²) in [6, 6.07) is 6.44. The quantitative estimate of drug-likeness (QED) is 0.663. The molecule has 0 aliphatic heterocycles. The summed E-state index contributed by atoms with van der Waals surface area (Å²) in [6.07, 6.45) is 0.106. The molecule has 3 nitrogen and oxygen atoms in total. The number of carbonyl (C=O) groups excluding carboxylic acids is 1. The summed E-state index contributed by atoms with van der Waals surface area (Å²) in [4.78, 5) is 11.3. The summed E-state index contributed by atoms with van der Waals surface area (Å²) < 4.78 is 0. The second-order valence-electron chi connectivity index (χ2n) is 2.74. The fourth-order valence-corrected chi connectivity index (χ4v) is 1.39. The van der Waals surface area contributed by atoms with Crippen LogP contribution in [-0.2, 0) is 6.42 Å². The molecule has 0 atom stereocenters. The highest BCUT2D eigenvalue weighted by Crippen LogP contribution is 2.19. The van der Waals surface area contributed by atoms with Crippen LogP contribution in [0.1, 0.15) is 15.9 Å². The lowest BCUT2D eigenvalue weighted by Gasteiger charge is -2.02. The Labute approximate surface area is 90.1 Å². The predicted molar refractivity (Wildman–Crippen MR) is 55.5 cm³/mol. The molecule has 0 fully saturated rings. The van der Waals surface area contributed by atoms with Gasteiger partial charge in [-0.15, -0.1) is 0 Å². The molecule has 1 N–H and O–H groups in total. The molecule has 72 valence electrons. The lowest BCUT2D eigenvalue weighted by Crippen LogP contribution is -2.00. The number of phenols is 1. The van der Waals surface area contributed by atoms with Gasteiger partial charge in [0, 0.05) is 11.1 Å². The molecule has 0 aliphatic rings. The van der Waals surface area contributed by atoms with Gasteiger partial charge in [-0.2, -0.15) is 5.26 Å². The number of alkyl halides is 1. The Bertz CT molecular complexity index is 396. The molecule has 0 heterocycles. The Balaban J connectivity index is 3.07. The normalized spacial score (nSPS) is 9.43. The molecule has 0 bridgehead atoms. The molecule has 0 aliphatic carbocycles. The standard InChI is InChI=1S/C10H8BrNO2/c11-6-10(14)7-1-2-9(13)8(5-7)3-4-12/h1-2,5,13H,3,6H2. The third-order valence-corrected chi connectivity index (χ3v) is 2.30. The van der Waals surface area contributed by atoms with Crippen LogP contribution in [0.25, 0.3) is 0 Å². The van der Waals surface area contributed by atoms with Crippen LogP contribution < -0.4 is 0 Å². The van der Waals surface area contributed by atoms with Gasteiger partial charge in [-0.3, -0.25) is 4.79 Å². The first kappa shape index (κ1) is 10.7. The molecule has 0 saturated carbocycles. The van der Waals surface area contributed by atoms with Crippen LogP contribution in [0.15, 0.2) is 18.2 Å². The van der Waals surface area contributed by atoms with Gasteiger partial charge in [-0.25, -0.2) is 0 Å². The molecular weight excluding hydrogens is 246 g/mol. The minimum absolute atomic E-state index is 0.0534. The molecule has 0 spiro atoms. The number of nitriles is 1. The van der Waals surface area contributed by atoms with E-state index in [0.29, 0.717) is 11.1 Å². The molecule has 0 radical (unpaired) electrons. The van der Waals surface area contributed by atoms with E-state index in [-0.39, 0.29) is 23.3 Å². The first-order valence-corrected chi connectivity index (χ1v) is 5.09. The van der Waals surface area contributed by atoms with Gasteiger partial charge in [-0.05, 0) is 18.2 Å². The van der Waals surface area contributed by atoms with Crippen LogP contribution in [-0.4, -0.2) is 16.2 Å². The van der Waals surface area contributed by atoms with Gasteiger partial charge in [0.15, 0.2) is 5.78 Å². The van der Waals surface area contributed by atoms with Crippen LogP contribution in [0.5, 0.6) is 5.75 Å². The summed E-state index contributed by atoms with van der Waals surface area (Å²) in [5.74, 6) is -0.0122. The number of Topliss-reactive ketones (excluding diaryl/α,β-unsaturated/α-hetero) is 1. The van der Waals surface area contributed by atoms with Crippen molar-refractivity contribution in [2.75, 3.05) is 5.33 Å². The van der Waals surface area contributed by atoms with Crippen molar-refractivity contribution < 1.29 is 9.90 Å². The fourth-order valence-electron chi connectivity index (χ4n) is 1.06. The van der Waals surface area contributed by atoms with Gasteiger partial charge in [-0.1, -0.05) is 15.9 Å². The summed E-state index contributed by atoms with van der Waals surface area (Å²) >= 11 is 3.06. The third kappa shape index (κ3) is 2.33. The van der Waals surface area contributed by atoms with Crippen molar-refractivity contribution in [3.8, 4) is 11.8 Å². The van der Waals surface area contributed by atoms with Crippen molar-refractivity contribution >= 4 is 21.7 Å². The lowest BCUT2D eigenvalue weighted by molar-refractivity contribution is 0.102. The third-order valence-electron chi connectivity index (χ3n) is 1.79. The Hall–Kier alpha value is -1.34. The highest BCUT2D eigenvalue weighted by molar-refractivity contribution is 9.09. The summed E-state index contributed by atoms with van der Waals surface area (Å²) in [5, 5.41) is 18.1. The summed E-state index contributed by atoms with van der Waals surface area (Å²) in [6.45, 7) is 0. The number of carbonyl (C=O) groups is 1. The fraction of sp³-hybridized carbons (Fsp3) is 0.200. The number of ketones is 1. The highest BCUT2D eigenvalue weighted by Gasteiger charge is 2.07. The highest BCUT2D eigenvalue weighted by atomic mass is 79.9. The van der Waals surface area contributed by atoms with Crippen LogP contribution in [0.4, 0.5) is 0 Å². The maximum atomic E-state index is 11.3. The van der Waals surface area contributed by atoms with E-state index in [0.717, 1.165) is 0 Å². The zero-order valence-electron chi connectivity index (χ0n) is 7.33. The zero-order chi connectivity index (χ0) is 10.6. The second kappa shape index (κ2) is 4.77. The van der Waals surface area contributed by atoms with Gasteiger partial charge in [0.05, 0.1) is 17.8 Å². The monoisotopic (exact) mass is 253 g/mol. The topological polar surface area (TPSA) is 61.1 Å².